The molecule has 0 aromatic carbocycles. The molecule has 3 heteroatoms. The fourth-order valence-electron chi connectivity index (χ4n) is 2.26. The highest BCUT2D eigenvalue weighted by Crippen LogP contribution is 2.09. The fourth-order valence-corrected chi connectivity index (χ4v) is 2.26. The number of nitrogens with zero attached hydrogens (tertiary/aromatic N) is 1. The molecule has 0 spiro atoms. The second kappa shape index (κ2) is 7.25. The van der Waals surface area contributed by atoms with Crippen LogP contribution in [0, 0.1) is 0 Å². The zero-order valence-electron chi connectivity index (χ0n) is 11.3. The lowest BCUT2D eigenvalue weighted by Crippen LogP contribution is -2.51. The third-order valence-electron chi connectivity index (χ3n) is 3.39. The van der Waals surface area contributed by atoms with Gasteiger partial charge in [-0.3, -0.25) is 0 Å². The smallest absolute Gasteiger partial charge is 0.0852 e. The highest BCUT2D eigenvalue weighted by atomic mass is 16.5. The number of nitrogens with one attached hydrogen (secondary N) is 1. The minimum absolute atomic E-state index is 0.350. The van der Waals surface area contributed by atoms with Crippen molar-refractivity contribution in [3.05, 3.63) is 0 Å². The van der Waals surface area contributed by atoms with E-state index in [1.165, 1.54) is 19.3 Å². The van der Waals surface area contributed by atoms with E-state index in [0.29, 0.717) is 18.2 Å². The first-order chi connectivity index (χ1) is 7.63. The molecule has 1 aliphatic rings. The zero-order valence-corrected chi connectivity index (χ0v) is 11.3. The molecule has 0 aliphatic carbocycles. The van der Waals surface area contributed by atoms with Gasteiger partial charge in [-0.25, -0.2) is 0 Å². The summed E-state index contributed by atoms with van der Waals surface area (Å²) < 4.78 is 5.81. The Morgan fingerprint density at radius 1 is 1.44 bits per heavy atom. The molecule has 1 rings (SSSR count). The summed E-state index contributed by atoms with van der Waals surface area (Å²) in [5.41, 5.74) is 0. The Bertz CT molecular complexity index is 187. The topological polar surface area (TPSA) is 24.5 Å². The van der Waals surface area contributed by atoms with Gasteiger partial charge in [-0.1, -0.05) is 19.8 Å². The summed E-state index contributed by atoms with van der Waals surface area (Å²) in [6.45, 7) is 9.75. The van der Waals surface area contributed by atoms with Gasteiger partial charge < -0.3 is 15.0 Å². The predicted octanol–water partition coefficient (Wildman–Crippen LogP) is 1.87. The van der Waals surface area contributed by atoms with Crippen LogP contribution in [0.3, 0.4) is 0 Å². The summed E-state index contributed by atoms with van der Waals surface area (Å²) in [6.07, 6.45) is 4.21. The monoisotopic (exact) mass is 228 g/mol. The van der Waals surface area contributed by atoms with Gasteiger partial charge in [-0.15, -0.1) is 0 Å². The molecule has 1 saturated heterocycles. The van der Waals surface area contributed by atoms with Crippen molar-refractivity contribution in [1.29, 1.82) is 0 Å². The molecule has 3 nitrogen and oxygen atoms in total. The van der Waals surface area contributed by atoms with Gasteiger partial charge in [0.25, 0.3) is 0 Å². The van der Waals surface area contributed by atoms with Crippen molar-refractivity contribution in [1.82, 2.24) is 10.2 Å². The molecule has 1 heterocycles. The van der Waals surface area contributed by atoms with Crippen LogP contribution >= 0.6 is 0 Å². The molecule has 1 fully saturated rings. The minimum atomic E-state index is 0.350. The van der Waals surface area contributed by atoms with Crippen LogP contribution in [-0.2, 0) is 4.74 Å². The van der Waals surface area contributed by atoms with E-state index in [9.17, 15) is 0 Å². The number of hydrogen-bond acceptors (Lipinski definition) is 3. The van der Waals surface area contributed by atoms with E-state index in [-0.39, 0.29) is 0 Å². The number of rotatable bonds is 6. The third kappa shape index (κ3) is 4.81. The van der Waals surface area contributed by atoms with Crippen LogP contribution in [-0.4, -0.2) is 49.8 Å². The summed E-state index contributed by atoms with van der Waals surface area (Å²) in [6, 6.07) is 1.06. The van der Waals surface area contributed by atoms with Gasteiger partial charge in [0.05, 0.1) is 12.7 Å². The zero-order chi connectivity index (χ0) is 12.0. The van der Waals surface area contributed by atoms with Gasteiger partial charge in [0, 0.05) is 25.2 Å². The fraction of sp³-hybridized carbons (Fsp3) is 1.00. The molecule has 1 N–H and O–H groups in total. The van der Waals surface area contributed by atoms with Crippen molar-refractivity contribution in [3.63, 3.8) is 0 Å². The Labute approximate surface area is 101 Å². The van der Waals surface area contributed by atoms with E-state index in [0.717, 1.165) is 19.7 Å². The molecule has 0 bridgehead atoms. The molecular formula is C13H28N2O. The number of likely N-dealkylation sites (N-methyl/N-ethyl adjacent to an activating group) is 1. The predicted molar refractivity (Wildman–Crippen MR) is 68.8 cm³/mol. The molecule has 3 atom stereocenters. The largest absolute Gasteiger partial charge is 0.374 e. The number of morpholine rings is 1. The average Bonchev–Trinajstić information content (AvgIpc) is 2.26. The van der Waals surface area contributed by atoms with Crippen molar-refractivity contribution < 1.29 is 4.74 Å². The van der Waals surface area contributed by atoms with Crippen LogP contribution in [0.2, 0.25) is 0 Å². The SMILES string of the molecule is CCCCC(C)NC(C)C1CN(C)CCO1. The maximum Gasteiger partial charge on any atom is 0.0852 e. The first-order valence-corrected chi connectivity index (χ1v) is 6.69. The van der Waals surface area contributed by atoms with Crippen LogP contribution in [0.1, 0.15) is 40.0 Å². The maximum atomic E-state index is 5.81. The van der Waals surface area contributed by atoms with Gasteiger partial charge in [-0.2, -0.15) is 0 Å². The van der Waals surface area contributed by atoms with E-state index in [2.05, 4.69) is 38.0 Å². The quantitative estimate of drug-likeness (QED) is 0.751. The molecular weight excluding hydrogens is 200 g/mol. The van der Waals surface area contributed by atoms with E-state index in [1.54, 1.807) is 0 Å². The van der Waals surface area contributed by atoms with Crippen LogP contribution in [0.15, 0.2) is 0 Å². The van der Waals surface area contributed by atoms with E-state index in [4.69, 9.17) is 4.74 Å². The lowest BCUT2D eigenvalue weighted by molar-refractivity contribution is -0.0369. The molecule has 1 aliphatic heterocycles. The Morgan fingerprint density at radius 2 is 2.19 bits per heavy atom. The second-order valence-corrected chi connectivity index (χ2v) is 5.17. The highest BCUT2D eigenvalue weighted by Gasteiger charge is 2.24. The van der Waals surface area contributed by atoms with Gasteiger partial charge in [0.2, 0.25) is 0 Å². The molecule has 0 radical (unpaired) electrons. The van der Waals surface area contributed by atoms with Crippen LogP contribution in [0.4, 0.5) is 0 Å². The first-order valence-electron chi connectivity index (χ1n) is 6.69. The van der Waals surface area contributed by atoms with Gasteiger partial charge >= 0.3 is 0 Å². The average molecular weight is 228 g/mol. The standard InChI is InChI=1S/C13H28N2O/c1-5-6-7-11(2)14-12(3)13-10-15(4)8-9-16-13/h11-14H,5-10H2,1-4H3. The first kappa shape index (κ1) is 13.9. The molecule has 3 unspecified atom stereocenters. The molecule has 0 amide bonds. The number of unbranched alkanes of at least 4 members (excludes halogenated alkanes) is 1. The number of hydrogen-bond donors (Lipinski definition) is 1. The summed E-state index contributed by atoms with van der Waals surface area (Å²) in [7, 11) is 2.17. The summed E-state index contributed by atoms with van der Waals surface area (Å²) in [5.74, 6) is 0. The van der Waals surface area contributed by atoms with E-state index >= 15 is 0 Å². The van der Waals surface area contributed by atoms with Crippen molar-refractivity contribution in [2.24, 2.45) is 0 Å². The van der Waals surface area contributed by atoms with Crippen LogP contribution in [0.25, 0.3) is 0 Å². The molecule has 0 aromatic rings. The van der Waals surface area contributed by atoms with Crippen LogP contribution in [0.5, 0.6) is 0 Å². The van der Waals surface area contributed by atoms with Crippen LogP contribution < -0.4 is 5.32 Å². The second-order valence-electron chi connectivity index (χ2n) is 5.17. The van der Waals surface area contributed by atoms with Gasteiger partial charge in [0.1, 0.15) is 0 Å². The van der Waals surface area contributed by atoms with Crippen molar-refractivity contribution in [3.8, 4) is 0 Å². The van der Waals surface area contributed by atoms with Crippen molar-refractivity contribution >= 4 is 0 Å². The Hall–Kier alpha value is -0.120. The maximum absolute atomic E-state index is 5.81. The molecule has 96 valence electrons. The normalized spacial score (nSPS) is 26.6. The van der Waals surface area contributed by atoms with Crippen molar-refractivity contribution in [2.75, 3.05) is 26.7 Å². The Kier molecular flexibility index (Phi) is 6.32. The molecule has 0 saturated carbocycles. The highest BCUT2D eigenvalue weighted by molar-refractivity contribution is 4.80. The third-order valence-corrected chi connectivity index (χ3v) is 3.39. The van der Waals surface area contributed by atoms with Gasteiger partial charge in [-0.05, 0) is 27.3 Å². The summed E-state index contributed by atoms with van der Waals surface area (Å²) >= 11 is 0. The van der Waals surface area contributed by atoms with E-state index < -0.39 is 0 Å². The van der Waals surface area contributed by atoms with E-state index in [1.807, 2.05) is 0 Å². The van der Waals surface area contributed by atoms with Gasteiger partial charge in [0.15, 0.2) is 0 Å². The molecule has 0 aromatic heterocycles. The molecule has 16 heavy (non-hydrogen) atoms. The summed E-state index contributed by atoms with van der Waals surface area (Å²) in [4.78, 5) is 2.35. The Balaban J connectivity index is 2.24. The minimum Gasteiger partial charge on any atom is -0.374 e. The Morgan fingerprint density at radius 3 is 2.81 bits per heavy atom. The number of ether oxygens (including phenoxy) is 1. The lowest BCUT2D eigenvalue weighted by atomic mass is 10.1. The lowest BCUT2D eigenvalue weighted by Gasteiger charge is -2.35. The summed E-state index contributed by atoms with van der Waals surface area (Å²) in [5, 5.41) is 3.65. The van der Waals surface area contributed by atoms with Crippen molar-refractivity contribution in [2.45, 2.75) is 58.2 Å².